The van der Waals surface area contributed by atoms with Gasteiger partial charge in [0, 0.05) is 17.9 Å². The fourth-order valence-corrected chi connectivity index (χ4v) is 2.59. The van der Waals surface area contributed by atoms with Gasteiger partial charge >= 0.3 is 6.03 Å². The first-order valence-electron chi connectivity index (χ1n) is 7.32. The lowest BCUT2D eigenvalue weighted by atomic mass is 10.1. The van der Waals surface area contributed by atoms with Crippen molar-refractivity contribution in [3.05, 3.63) is 29.8 Å². The summed E-state index contributed by atoms with van der Waals surface area (Å²) >= 11 is 0. The second-order valence-electron chi connectivity index (χ2n) is 5.50. The zero-order chi connectivity index (χ0) is 16.4. The molecule has 0 aliphatic carbocycles. The van der Waals surface area contributed by atoms with Crippen molar-refractivity contribution < 1.29 is 24.2 Å². The van der Waals surface area contributed by atoms with Gasteiger partial charge in [0.2, 0.25) is 5.91 Å². The standard InChI is InChI=1S/C15H17N3O5/c19-12-8-23-6-5-11(12)16-14(21)9-1-3-10(4-2-9)18-7-13(20)17-15(18)22/h1-4,11-12,19H,5-8H2,(H,16,21)(H,17,20,22)/t11-,12-/m1/s1. The number of amides is 4. The number of rotatable bonds is 3. The molecule has 23 heavy (non-hydrogen) atoms. The smallest absolute Gasteiger partial charge is 0.329 e. The maximum Gasteiger partial charge on any atom is 0.329 e. The number of hydrogen-bond donors (Lipinski definition) is 3. The topological polar surface area (TPSA) is 108 Å². The number of imide groups is 1. The van der Waals surface area contributed by atoms with Crippen LogP contribution in [0.3, 0.4) is 0 Å². The van der Waals surface area contributed by atoms with Crippen molar-refractivity contribution in [3.63, 3.8) is 0 Å². The average Bonchev–Trinajstić information content (AvgIpc) is 2.88. The van der Waals surface area contributed by atoms with Crippen LogP contribution < -0.4 is 15.5 Å². The summed E-state index contributed by atoms with van der Waals surface area (Å²) in [7, 11) is 0. The highest BCUT2D eigenvalue weighted by atomic mass is 16.5. The van der Waals surface area contributed by atoms with Crippen LogP contribution in [0.2, 0.25) is 0 Å². The van der Waals surface area contributed by atoms with Crippen molar-refractivity contribution in [2.24, 2.45) is 0 Å². The molecule has 2 saturated heterocycles. The highest BCUT2D eigenvalue weighted by molar-refractivity contribution is 6.12. The summed E-state index contributed by atoms with van der Waals surface area (Å²) in [6, 6.07) is 5.55. The van der Waals surface area contributed by atoms with E-state index in [2.05, 4.69) is 10.6 Å². The summed E-state index contributed by atoms with van der Waals surface area (Å²) in [5.41, 5.74) is 0.953. The second-order valence-corrected chi connectivity index (χ2v) is 5.50. The number of aliphatic hydroxyl groups is 1. The highest BCUT2D eigenvalue weighted by Gasteiger charge is 2.28. The molecule has 122 valence electrons. The van der Waals surface area contributed by atoms with Crippen LogP contribution in [-0.4, -0.2) is 54.9 Å². The van der Waals surface area contributed by atoms with E-state index in [1.165, 1.54) is 4.90 Å². The summed E-state index contributed by atoms with van der Waals surface area (Å²) < 4.78 is 5.12. The lowest BCUT2D eigenvalue weighted by molar-refractivity contribution is -0.117. The van der Waals surface area contributed by atoms with Crippen LogP contribution in [0.25, 0.3) is 0 Å². The van der Waals surface area contributed by atoms with Gasteiger partial charge in [0.15, 0.2) is 0 Å². The quantitative estimate of drug-likeness (QED) is 0.658. The summed E-state index contributed by atoms with van der Waals surface area (Å²) in [5, 5.41) is 14.7. The van der Waals surface area contributed by atoms with E-state index in [4.69, 9.17) is 4.74 Å². The van der Waals surface area contributed by atoms with Crippen molar-refractivity contribution in [1.82, 2.24) is 10.6 Å². The average molecular weight is 319 g/mol. The lowest BCUT2D eigenvalue weighted by Crippen LogP contribution is -2.48. The number of ether oxygens (including phenoxy) is 1. The Balaban J connectivity index is 1.66. The Kier molecular flexibility index (Phi) is 4.26. The molecule has 0 radical (unpaired) electrons. The Morgan fingerprint density at radius 2 is 2.04 bits per heavy atom. The minimum Gasteiger partial charge on any atom is -0.389 e. The molecular formula is C15H17N3O5. The molecule has 2 fully saturated rings. The van der Waals surface area contributed by atoms with Gasteiger partial charge in [0.05, 0.1) is 18.8 Å². The van der Waals surface area contributed by atoms with E-state index in [-0.39, 0.29) is 31.0 Å². The Morgan fingerprint density at radius 3 is 2.65 bits per heavy atom. The third-order valence-corrected chi connectivity index (χ3v) is 3.88. The van der Waals surface area contributed by atoms with Crippen LogP contribution in [0.5, 0.6) is 0 Å². The van der Waals surface area contributed by atoms with Crippen LogP contribution in [0.1, 0.15) is 16.8 Å². The molecule has 0 aromatic heterocycles. The normalized spacial score (nSPS) is 24.5. The molecule has 4 amide bonds. The molecule has 3 rings (SSSR count). The first kappa shape index (κ1) is 15.4. The Hall–Kier alpha value is -2.45. The number of aliphatic hydroxyl groups excluding tert-OH is 1. The number of benzene rings is 1. The van der Waals surface area contributed by atoms with E-state index in [0.29, 0.717) is 24.3 Å². The highest BCUT2D eigenvalue weighted by Crippen LogP contribution is 2.18. The van der Waals surface area contributed by atoms with E-state index in [9.17, 15) is 19.5 Å². The zero-order valence-corrected chi connectivity index (χ0v) is 12.3. The predicted molar refractivity (Wildman–Crippen MR) is 80.0 cm³/mol. The van der Waals surface area contributed by atoms with Crippen molar-refractivity contribution in [2.45, 2.75) is 18.6 Å². The number of nitrogens with one attached hydrogen (secondary N) is 2. The minimum absolute atomic E-state index is 0.0291. The van der Waals surface area contributed by atoms with Crippen LogP contribution >= 0.6 is 0 Å². The maximum absolute atomic E-state index is 12.2. The molecular weight excluding hydrogens is 302 g/mol. The number of carbonyl (C=O) groups excluding carboxylic acids is 3. The summed E-state index contributed by atoms with van der Waals surface area (Å²) in [5.74, 6) is -0.658. The van der Waals surface area contributed by atoms with Crippen molar-refractivity contribution in [2.75, 3.05) is 24.7 Å². The minimum atomic E-state index is -0.716. The number of anilines is 1. The molecule has 0 unspecified atom stereocenters. The predicted octanol–water partition coefficient (Wildman–Crippen LogP) is -0.378. The number of carbonyl (C=O) groups is 3. The monoisotopic (exact) mass is 319 g/mol. The maximum atomic E-state index is 12.2. The SMILES string of the molecule is O=C1CN(c2ccc(C(=O)N[C@@H]3CCOC[C@H]3O)cc2)C(=O)N1. The third kappa shape index (κ3) is 3.33. The second kappa shape index (κ2) is 6.35. The molecule has 8 nitrogen and oxygen atoms in total. The number of hydrogen-bond acceptors (Lipinski definition) is 5. The molecule has 3 N–H and O–H groups in total. The van der Waals surface area contributed by atoms with E-state index in [1.807, 2.05) is 0 Å². The first-order valence-corrected chi connectivity index (χ1v) is 7.32. The van der Waals surface area contributed by atoms with Gasteiger partial charge in [-0.15, -0.1) is 0 Å². The molecule has 8 heteroatoms. The van der Waals surface area contributed by atoms with Gasteiger partial charge in [0.1, 0.15) is 6.54 Å². The Bertz CT molecular complexity index is 631. The van der Waals surface area contributed by atoms with Gasteiger partial charge in [-0.1, -0.05) is 0 Å². The van der Waals surface area contributed by atoms with E-state index < -0.39 is 12.1 Å². The molecule has 0 spiro atoms. The van der Waals surface area contributed by atoms with Gasteiger partial charge in [-0.2, -0.15) is 0 Å². The summed E-state index contributed by atoms with van der Waals surface area (Å²) in [4.78, 5) is 36.3. The van der Waals surface area contributed by atoms with Crippen molar-refractivity contribution in [3.8, 4) is 0 Å². The zero-order valence-electron chi connectivity index (χ0n) is 12.3. The van der Waals surface area contributed by atoms with Crippen molar-refractivity contribution in [1.29, 1.82) is 0 Å². The molecule has 2 atom stereocenters. The first-order chi connectivity index (χ1) is 11.0. The van der Waals surface area contributed by atoms with E-state index in [0.717, 1.165) is 0 Å². The van der Waals surface area contributed by atoms with Crippen LogP contribution in [-0.2, 0) is 9.53 Å². The molecule has 0 saturated carbocycles. The van der Waals surface area contributed by atoms with Gasteiger partial charge in [-0.25, -0.2) is 4.79 Å². The molecule has 2 aliphatic heterocycles. The number of urea groups is 1. The Labute approximate surface area is 132 Å². The molecule has 0 bridgehead atoms. The van der Waals surface area contributed by atoms with Gasteiger partial charge in [0.25, 0.3) is 5.91 Å². The fourth-order valence-electron chi connectivity index (χ4n) is 2.59. The van der Waals surface area contributed by atoms with Crippen LogP contribution in [0.15, 0.2) is 24.3 Å². The van der Waals surface area contributed by atoms with E-state index in [1.54, 1.807) is 24.3 Å². The molecule has 1 aromatic rings. The molecule has 2 heterocycles. The Morgan fingerprint density at radius 1 is 1.30 bits per heavy atom. The van der Waals surface area contributed by atoms with Crippen LogP contribution in [0, 0.1) is 0 Å². The lowest BCUT2D eigenvalue weighted by Gasteiger charge is -2.28. The molecule has 2 aliphatic rings. The molecule has 1 aromatic carbocycles. The van der Waals surface area contributed by atoms with Crippen molar-refractivity contribution >= 4 is 23.5 Å². The van der Waals surface area contributed by atoms with Gasteiger partial charge < -0.3 is 15.2 Å². The third-order valence-electron chi connectivity index (χ3n) is 3.88. The van der Waals surface area contributed by atoms with E-state index >= 15 is 0 Å². The van der Waals surface area contributed by atoms with Crippen LogP contribution in [0.4, 0.5) is 10.5 Å². The largest absolute Gasteiger partial charge is 0.389 e. The summed E-state index contributed by atoms with van der Waals surface area (Å²) in [6.07, 6.45) is -0.160. The number of nitrogens with zero attached hydrogens (tertiary/aromatic N) is 1. The van der Waals surface area contributed by atoms with Gasteiger partial charge in [-0.05, 0) is 30.7 Å². The summed E-state index contributed by atoms with van der Waals surface area (Å²) in [6.45, 7) is 0.680. The fraction of sp³-hybridized carbons (Fsp3) is 0.400. The van der Waals surface area contributed by atoms with Gasteiger partial charge in [-0.3, -0.25) is 19.8 Å².